The molecule has 38 heavy (non-hydrogen) atoms. The van der Waals surface area contributed by atoms with Gasteiger partial charge in [0.05, 0.1) is 30.1 Å². The van der Waals surface area contributed by atoms with E-state index >= 15 is 0 Å². The second-order valence-electron chi connectivity index (χ2n) is 10.1. The van der Waals surface area contributed by atoms with Gasteiger partial charge in [0.15, 0.2) is 5.65 Å². The molecule has 0 saturated carbocycles. The van der Waals surface area contributed by atoms with Crippen LogP contribution in [0.5, 0.6) is 5.75 Å². The predicted molar refractivity (Wildman–Crippen MR) is 156 cm³/mol. The van der Waals surface area contributed by atoms with Crippen LogP contribution in [0.3, 0.4) is 0 Å². The number of piperazine rings is 1. The summed E-state index contributed by atoms with van der Waals surface area (Å²) in [6.07, 6.45) is 1.68. The Bertz CT molecular complexity index is 1470. The van der Waals surface area contributed by atoms with Gasteiger partial charge in [-0.2, -0.15) is 15.1 Å². The molecule has 2 aromatic carbocycles. The standard InChI is InChI=1S/C27H35N8O2P/c1-18(2)34-12-14-35(15-13-34)19-10-11-21(23(16-19)37-3)30-27-31-25(20-17-28-33-26(20)32-27)29-22-8-6-7-9-24(22)38(4,5)36/h6-11,16-18H,12-15H2,1-5H3,(H3,28,29,30,31,32,33). The van der Waals surface area contributed by atoms with E-state index in [-0.39, 0.29) is 0 Å². The Kier molecular flexibility index (Phi) is 7.27. The van der Waals surface area contributed by atoms with Crippen LogP contribution < -0.4 is 25.6 Å². The summed E-state index contributed by atoms with van der Waals surface area (Å²) in [4.78, 5) is 14.2. The molecule has 11 heteroatoms. The molecule has 4 aromatic rings. The van der Waals surface area contributed by atoms with Crippen LogP contribution in [0.2, 0.25) is 0 Å². The Morgan fingerprint density at radius 3 is 2.47 bits per heavy atom. The van der Waals surface area contributed by atoms with Gasteiger partial charge >= 0.3 is 0 Å². The summed E-state index contributed by atoms with van der Waals surface area (Å²) in [6, 6.07) is 14.3. The van der Waals surface area contributed by atoms with E-state index in [1.807, 2.05) is 30.3 Å². The van der Waals surface area contributed by atoms with Gasteiger partial charge in [0, 0.05) is 49.3 Å². The number of rotatable bonds is 8. The van der Waals surface area contributed by atoms with Gasteiger partial charge in [0.1, 0.15) is 18.7 Å². The second-order valence-corrected chi connectivity index (χ2v) is 13.3. The summed E-state index contributed by atoms with van der Waals surface area (Å²) in [6.45, 7) is 12.0. The monoisotopic (exact) mass is 534 g/mol. The number of anilines is 5. The van der Waals surface area contributed by atoms with Gasteiger partial charge in [-0.1, -0.05) is 12.1 Å². The van der Waals surface area contributed by atoms with Crippen molar-refractivity contribution in [2.24, 2.45) is 0 Å². The molecule has 1 saturated heterocycles. The molecular formula is C27H35N8O2P. The predicted octanol–water partition coefficient (Wildman–Crippen LogP) is 4.63. The van der Waals surface area contributed by atoms with E-state index in [4.69, 9.17) is 9.72 Å². The average molecular weight is 535 g/mol. The first-order chi connectivity index (χ1) is 18.2. The fraction of sp³-hybridized carbons (Fsp3) is 0.370. The number of nitrogens with zero attached hydrogens (tertiary/aromatic N) is 5. The summed E-state index contributed by atoms with van der Waals surface area (Å²) in [5, 5.41) is 15.2. The highest BCUT2D eigenvalue weighted by atomic mass is 31.2. The van der Waals surface area contributed by atoms with Crippen molar-refractivity contribution in [3.05, 3.63) is 48.7 Å². The normalized spacial score (nSPS) is 14.7. The largest absolute Gasteiger partial charge is 0.494 e. The van der Waals surface area contributed by atoms with Crippen molar-refractivity contribution >= 4 is 52.3 Å². The molecule has 1 aliphatic heterocycles. The van der Waals surface area contributed by atoms with E-state index in [0.717, 1.165) is 53.9 Å². The summed E-state index contributed by atoms with van der Waals surface area (Å²) in [5.74, 6) is 1.65. The molecule has 3 N–H and O–H groups in total. The number of aromatic amines is 1. The van der Waals surface area contributed by atoms with Crippen molar-refractivity contribution in [3.8, 4) is 5.75 Å². The third-order valence-electron chi connectivity index (χ3n) is 6.89. The van der Waals surface area contributed by atoms with Crippen LogP contribution in [0.25, 0.3) is 11.0 Å². The minimum absolute atomic E-state index is 0.384. The summed E-state index contributed by atoms with van der Waals surface area (Å²) >= 11 is 0. The second kappa shape index (κ2) is 10.6. The summed E-state index contributed by atoms with van der Waals surface area (Å²) in [7, 11) is -0.845. The maximum Gasteiger partial charge on any atom is 0.231 e. The summed E-state index contributed by atoms with van der Waals surface area (Å²) < 4.78 is 18.6. The summed E-state index contributed by atoms with van der Waals surface area (Å²) in [5.41, 5.74) is 3.21. The van der Waals surface area contributed by atoms with Gasteiger partial charge < -0.3 is 24.8 Å². The minimum atomic E-state index is -2.51. The zero-order valence-corrected chi connectivity index (χ0v) is 23.4. The number of fused-ring (bicyclic) bond motifs is 1. The SMILES string of the molecule is COc1cc(N2CCN(C(C)C)CC2)ccc1Nc1nc(Nc2ccccc2P(C)(C)=O)c2cn[nH]c2n1. The van der Waals surface area contributed by atoms with E-state index < -0.39 is 7.14 Å². The third-order valence-corrected chi connectivity index (χ3v) is 8.44. The molecule has 1 fully saturated rings. The van der Waals surface area contributed by atoms with Gasteiger partial charge in [0.2, 0.25) is 5.95 Å². The third kappa shape index (κ3) is 5.47. The number of para-hydroxylation sites is 1. The van der Waals surface area contributed by atoms with Gasteiger partial charge in [-0.05, 0) is 51.4 Å². The highest BCUT2D eigenvalue weighted by Gasteiger charge is 2.21. The van der Waals surface area contributed by atoms with Crippen molar-refractivity contribution in [3.63, 3.8) is 0 Å². The fourth-order valence-corrected chi connectivity index (χ4v) is 5.92. The van der Waals surface area contributed by atoms with Gasteiger partial charge in [-0.15, -0.1) is 0 Å². The van der Waals surface area contributed by atoms with E-state index in [2.05, 4.69) is 61.6 Å². The van der Waals surface area contributed by atoms with Crippen molar-refractivity contribution in [2.75, 3.05) is 62.2 Å². The van der Waals surface area contributed by atoms with Crippen molar-refractivity contribution in [1.82, 2.24) is 25.1 Å². The minimum Gasteiger partial charge on any atom is -0.494 e. The molecule has 10 nitrogen and oxygen atoms in total. The Morgan fingerprint density at radius 1 is 1.00 bits per heavy atom. The lowest BCUT2D eigenvalue weighted by atomic mass is 10.2. The number of ether oxygens (including phenoxy) is 1. The zero-order chi connectivity index (χ0) is 26.9. The average Bonchev–Trinajstić information content (AvgIpc) is 3.38. The zero-order valence-electron chi connectivity index (χ0n) is 22.5. The van der Waals surface area contributed by atoms with Crippen LogP contribution in [0.4, 0.5) is 28.8 Å². The van der Waals surface area contributed by atoms with E-state index in [1.165, 1.54) is 0 Å². The van der Waals surface area contributed by atoms with E-state index in [1.54, 1.807) is 26.6 Å². The molecule has 0 spiro atoms. The maximum absolute atomic E-state index is 12.9. The molecule has 0 bridgehead atoms. The van der Waals surface area contributed by atoms with Gasteiger partial charge in [-0.25, -0.2) is 0 Å². The molecule has 200 valence electrons. The first-order valence-corrected chi connectivity index (χ1v) is 15.4. The van der Waals surface area contributed by atoms with Crippen LogP contribution in [0.1, 0.15) is 13.8 Å². The molecule has 1 aliphatic rings. The van der Waals surface area contributed by atoms with Crippen molar-refractivity contribution in [2.45, 2.75) is 19.9 Å². The Balaban J connectivity index is 1.42. The maximum atomic E-state index is 12.9. The Labute approximate surface area is 223 Å². The molecule has 2 aromatic heterocycles. The number of hydrogen-bond acceptors (Lipinski definition) is 9. The lowest BCUT2D eigenvalue weighted by Crippen LogP contribution is -2.48. The molecule has 3 heterocycles. The van der Waals surface area contributed by atoms with Gasteiger partial charge in [-0.3, -0.25) is 10.00 Å². The van der Waals surface area contributed by atoms with Crippen LogP contribution in [0.15, 0.2) is 48.7 Å². The van der Waals surface area contributed by atoms with E-state index in [9.17, 15) is 4.57 Å². The van der Waals surface area contributed by atoms with Crippen LogP contribution in [-0.4, -0.2) is 77.7 Å². The fourth-order valence-electron chi connectivity index (χ4n) is 4.76. The smallest absolute Gasteiger partial charge is 0.231 e. The topological polar surface area (TPSA) is 111 Å². The molecule has 0 aliphatic carbocycles. The Morgan fingerprint density at radius 2 is 1.76 bits per heavy atom. The number of hydrogen-bond donors (Lipinski definition) is 3. The molecule has 0 atom stereocenters. The number of methoxy groups -OCH3 is 1. The molecule has 0 radical (unpaired) electrons. The number of benzene rings is 2. The van der Waals surface area contributed by atoms with Crippen LogP contribution >= 0.6 is 7.14 Å². The number of H-pyrrole nitrogens is 1. The highest BCUT2D eigenvalue weighted by molar-refractivity contribution is 7.70. The van der Waals surface area contributed by atoms with Crippen molar-refractivity contribution < 1.29 is 9.30 Å². The Hall–Kier alpha value is -3.62. The van der Waals surface area contributed by atoms with Crippen LogP contribution in [0, 0.1) is 0 Å². The van der Waals surface area contributed by atoms with Gasteiger partial charge in [0.25, 0.3) is 0 Å². The number of nitrogens with one attached hydrogen (secondary N) is 3. The van der Waals surface area contributed by atoms with Crippen LogP contribution in [-0.2, 0) is 4.57 Å². The molecular weight excluding hydrogens is 499 g/mol. The lowest BCUT2D eigenvalue weighted by molar-refractivity contribution is 0.209. The molecule has 0 unspecified atom stereocenters. The molecule has 0 amide bonds. The first kappa shape index (κ1) is 26.0. The highest BCUT2D eigenvalue weighted by Crippen LogP contribution is 2.39. The first-order valence-electron chi connectivity index (χ1n) is 12.8. The lowest BCUT2D eigenvalue weighted by Gasteiger charge is -2.38. The van der Waals surface area contributed by atoms with Crippen molar-refractivity contribution in [1.29, 1.82) is 0 Å². The molecule has 5 rings (SSSR count). The number of aromatic nitrogens is 4. The van der Waals surface area contributed by atoms with E-state index in [0.29, 0.717) is 29.2 Å². The quantitative estimate of drug-likeness (QED) is 0.279.